The molecule has 0 fully saturated rings. The second kappa shape index (κ2) is 4.31. The molecule has 90 valence electrons. The van der Waals surface area contributed by atoms with E-state index < -0.39 is 5.97 Å². The quantitative estimate of drug-likeness (QED) is 0.780. The molecule has 3 aromatic rings. The number of carboxylic acid groups (broad SMARTS) is 1. The third-order valence-corrected chi connectivity index (χ3v) is 3.91. The van der Waals surface area contributed by atoms with Crippen molar-refractivity contribution < 1.29 is 9.90 Å². The highest BCUT2D eigenvalue weighted by atomic mass is 32.1. The zero-order valence-electron chi connectivity index (χ0n) is 9.54. The Morgan fingerprint density at radius 3 is 2.89 bits per heavy atom. The molecule has 3 rings (SSSR count). The number of carbonyl (C=O) groups is 1. The van der Waals surface area contributed by atoms with Crippen molar-refractivity contribution in [1.82, 2.24) is 4.57 Å². The molecule has 0 aliphatic heterocycles. The molecule has 0 saturated carbocycles. The van der Waals surface area contributed by atoms with Gasteiger partial charge >= 0.3 is 5.97 Å². The van der Waals surface area contributed by atoms with Crippen LogP contribution in [-0.2, 0) is 6.54 Å². The van der Waals surface area contributed by atoms with E-state index in [1.165, 1.54) is 16.7 Å². The summed E-state index contributed by atoms with van der Waals surface area (Å²) < 4.78 is 2.07. The van der Waals surface area contributed by atoms with E-state index in [0.29, 0.717) is 11.4 Å². The first-order valence-electron chi connectivity index (χ1n) is 5.59. The lowest BCUT2D eigenvalue weighted by Crippen LogP contribution is -2.02. The summed E-state index contributed by atoms with van der Waals surface area (Å²) in [5.41, 5.74) is 1.98. The van der Waals surface area contributed by atoms with Crippen molar-refractivity contribution in [3.63, 3.8) is 0 Å². The predicted octanol–water partition coefficient (Wildman–Crippen LogP) is 3.45. The molecule has 0 bridgehead atoms. The van der Waals surface area contributed by atoms with Crippen LogP contribution in [0.15, 0.2) is 48.0 Å². The summed E-state index contributed by atoms with van der Waals surface area (Å²) in [6.45, 7) is 0.596. The maximum atomic E-state index is 11.1. The fourth-order valence-electron chi connectivity index (χ4n) is 2.11. The summed E-state index contributed by atoms with van der Waals surface area (Å²) in [5.74, 6) is -0.850. The molecule has 0 radical (unpaired) electrons. The van der Waals surface area contributed by atoms with Crippen molar-refractivity contribution in [3.8, 4) is 0 Å². The molecule has 1 N–H and O–H groups in total. The lowest BCUT2D eigenvalue weighted by Gasteiger charge is -2.05. The Labute approximate surface area is 108 Å². The van der Waals surface area contributed by atoms with E-state index in [-0.39, 0.29) is 0 Å². The van der Waals surface area contributed by atoms with E-state index in [1.807, 2.05) is 41.9 Å². The smallest absolute Gasteiger partial charge is 0.346 e. The highest BCUT2D eigenvalue weighted by Gasteiger charge is 2.12. The summed E-state index contributed by atoms with van der Waals surface area (Å²) >= 11 is 1.27. The first-order valence-corrected chi connectivity index (χ1v) is 6.47. The molecule has 0 spiro atoms. The molecule has 2 heterocycles. The van der Waals surface area contributed by atoms with E-state index >= 15 is 0 Å². The fraction of sp³-hybridized carbons (Fsp3) is 0.0714. The fourth-order valence-corrected chi connectivity index (χ4v) is 2.86. The molecule has 4 heteroatoms. The highest BCUT2D eigenvalue weighted by Crippen LogP contribution is 2.21. The molecule has 3 nitrogen and oxygen atoms in total. The minimum absolute atomic E-state index is 0.424. The van der Waals surface area contributed by atoms with Crippen molar-refractivity contribution in [2.75, 3.05) is 0 Å². The van der Waals surface area contributed by atoms with Crippen LogP contribution in [0.5, 0.6) is 0 Å². The van der Waals surface area contributed by atoms with Crippen LogP contribution in [0.1, 0.15) is 15.2 Å². The number of hydrogen-bond acceptors (Lipinski definition) is 2. The Kier molecular flexibility index (Phi) is 2.64. The summed E-state index contributed by atoms with van der Waals surface area (Å²) in [7, 11) is 0. The maximum absolute atomic E-state index is 11.1. The predicted molar refractivity (Wildman–Crippen MR) is 72.3 cm³/mol. The number of aromatic carboxylic acids is 1. The second-order valence-electron chi connectivity index (χ2n) is 4.08. The van der Waals surface area contributed by atoms with Gasteiger partial charge in [0.15, 0.2) is 0 Å². The molecule has 2 aromatic heterocycles. The molecular formula is C14H11NO2S. The van der Waals surface area contributed by atoms with E-state index in [2.05, 4.69) is 10.6 Å². The van der Waals surface area contributed by atoms with Crippen LogP contribution in [0.3, 0.4) is 0 Å². The molecule has 0 unspecified atom stereocenters. The lowest BCUT2D eigenvalue weighted by molar-refractivity contribution is 0.0701. The summed E-state index contributed by atoms with van der Waals surface area (Å²) in [6, 6.07) is 12.0. The molecule has 0 amide bonds. The minimum atomic E-state index is -0.850. The van der Waals surface area contributed by atoms with Gasteiger partial charge in [-0.25, -0.2) is 4.79 Å². The summed E-state index contributed by atoms with van der Waals surface area (Å²) in [6.07, 6.45) is 1.99. The third-order valence-electron chi connectivity index (χ3n) is 2.96. The van der Waals surface area contributed by atoms with Crippen molar-refractivity contribution in [1.29, 1.82) is 0 Å². The van der Waals surface area contributed by atoms with Crippen molar-refractivity contribution >= 4 is 28.2 Å². The standard InChI is InChI=1S/C14H11NO2S/c16-14(17)13-11(6-8-18-13)9-15-7-5-10-3-1-2-4-12(10)15/h1-8H,9H2,(H,16,17). The number of nitrogens with zero attached hydrogens (tertiary/aromatic N) is 1. The zero-order chi connectivity index (χ0) is 12.5. The summed E-state index contributed by atoms with van der Waals surface area (Å²) in [4.78, 5) is 11.5. The average Bonchev–Trinajstić information content (AvgIpc) is 2.97. The van der Waals surface area contributed by atoms with Gasteiger partial charge in [-0.05, 0) is 34.5 Å². The van der Waals surface area contributed by atoms with Gasteiger partial charge in [0.25, 0.3) is 0 Å². The van der Waals surface area contributed by atoms with Crippen molar-refractivity contribution in [2.45, 2.75) is 6.54 Å². The van der Waals surface area contributed by atoms with Crippen LogP contribution in [0.4, 0.5) is 0 Å². The number of hydrogen-bond donors (Lipinski definition) is 1. The Morgan fingerprint density at radius 1 is 1.22 bits per heavy atom. The topological polar surface area (TPSA) is 42.2 Å². The first-order chi connectivity index (χ1) is 8.75. The van der Waals surface area contributed by atoms with Gasteiger partial charge in [-0.2, -0.15) is 0 Å². The number of carboxylic acids is 1. The Morgan fingerprint density at radius 2 is 2.06 bits per heavy atom. The number of rotatable bonds is 3. The number of fused-ring (bicyclic) bond motifs is 1. The highest BCUT2D eigenvalue weighted by molar-refractivity contribution is 7.12. The SMILES string of the molecule is O=C(O)c1sccc1Cn1ccc2ccccc21. The summed E-state index contributed by atoms with van der Waals surface area (Å²) in [5, 5.41) is 12.1. The van der Waals surface area contributed by atoms with Crippen molar-refractivity contribution in [2.24, 2.45) is 0 Å². The second-order valence-corrected chi connectivity index (χ2v) is 5.00. The lowest BCUT2D eigenvalue weighted by atomic mass is 10.2. The normalized spacial score (nSPS) is 10.9. The number of thiophene rings is 1. The monoisotopic (exact) mass is 257 g/mol. The van der Waals surface area contributed by atoms with Gasteiger partial charge in [-0.15, -0.1) is 11.3 Å². The van der Waals surface area contributed by atoms with E-state index in [1.54, 1.807) is 0 Å². The van der Waals surface area contributed by atoms with Gasteiger partial charge in [0, 0.05) is 18.3 Å². The zero-order valence-corrected chi connectivity index (χ0v) is 10.4. The molecule has 0 atom stereocenters. The van der Waals surface area contributed by atoms with Gasteiger partial charge in [0.2, 0.25) is 0 Å². The van der Waals surface area contributed by atoms with Crippen LogP contribution in [0, 0.1) is 0 Å². The minimum Gasteiger partial charge on any atom is -0.477 e. The molecule has 0 saturated heterocycles. The van der Waals surface area contributed by atoms with Crippen LogP contribution >= 0.6 is 11.3 Å². The number of benzene rings is 1. The Balaban J connectivity index is 2.02. The first kappa shape index (κ1) is 11.0. The Hall–Kier alpha value is -2.07. The molecule has 1 aromatic carbocycles. The van der Waals surface area contributed by atoms with E-state index in [4.69, 9.17) is 5.11 Å². The van der Waals surface area contributed by atoms with Gasteiger partial charge in [-0.3, -0.25) is 0 Å². The van der Waals surface area contributed by atoms with E-state index in [9.17, 15) is 4.79 Å². The van der Waals surface area contributed by atoms with Crippen LogP contribution in [0.2, 0.25) is 0 Å². The number of aromatic nitrogens is 1. The van der Waals surface area contributed by atoms with Gasteiger partial charge in [-0.1, -0.05) is 18.2 Å². The molecular weight excluding hydrogens is 246 g/mol. The van der Waals surface area contributed by atoms with Gasteiger partial charge in [0.1, 0.15) is 4.88 Å². The van der Waals surface area contributed by atoms with Crippen LogP contribution in [0.25, 0.3) is 10.9 Å². The van der Waals surface area contributed by atoms with Gasteiger partial charge in [0.05, 0.1) is 0 Å². The molecule has 0 aliphatic rings. The molecule has 18 heavy (non-hydrogen) atoms. The largest absolute Gasteiger partial charge is 0.477 e. The third kappa shape index (κ3) is 1.80. The van der Waals surface area contributed by atoms with Crippen LogP contribution in [-0.4, -0.2) is 15.6 Å². The average molecular weight is 257 g/mol. The van der Waals surface area contributed by atoms with Gasteiger partial charge < -0.3 is 9.67 Å². The molecule has 0 aliphatic carbocycles. The Bertz CT molecular complexity index is 711. The van der Waals surface area contributed by atoms with Crippen LogP contribution < -0.4 is 0 Å². The van der Waals surface area contributed by atoms with E-state index in [0.717, 1.165) is 11.1 Å². The maximum Gasteiger partial charge on any atom is 0.346 e. The number of para-hydroxylation sites is 1. The van der Waals surface area contributed by atoms with Crippen molar-refractivity contribution in [3.05, 3.63) is 58.4 Å².